The number of halogens is 3. The molecule has 162 valence electrons. The summed E-state index contributed by atoms with van der Waals surface area (Å²) in [6.07, 6.45) is 1.63. The van der Waals surface area contributed by atoms with Gasteiger partial charge in [-0.05, 0) is 54.6 Å². The molecule has 1 amide bonds. The van der Waals surface area contributed by atoms with Crippen molar-refractivity contribution in [2.75, 3.05) is 37.6 Å². The van der Waals surface area contributed by atoms with Crippen LogP contribution in [0.2, 0.25) is 10.0 Å². The molecule has 2 aromatic carbocycles. The molecular formula is C23H22Cl2FN3O2. The molecular weight excluding hydrogens is 440 g/mol. The number of furan rings is 1. The van der Waals surface area contributed by atoms with Gasteiger partial charge in [0.15, 0.2) is 0 Å². The number of amides is 1. The number of nitrogens with one attached hydrogen (secondary N) is 1. The lowest BCUT2D eigenvalue weighted by Gasteiger charge is -2.39. The van der Waals surface area contributed by atoms with Crippen molar-refractivity contribution in [1.82, 2.24) is 10.2 Å². The van der Waals surface area contributed by atoms with Crippen LogP contribution in [0.1, 0.15) is 22.2 Å². The van der Waals surface area contributed by atoms with Crippen molar-refractivity contribution in [3.05, 3.63) is 88.0 Å². The summed E-state index contributed by atoms with van der Waals surface area (Å²) >= 11 is 12.1. The van der Waals surface area contributed by atoms with E-state index in [1.165, 1.54) is 12.1 Å². The van der Waals surface area contributed by atoms with E-state index in [1.807, 2.05) is 12.1 Å². The quantitative estimate of drug-likeness (QED) is 0.559. The minimum Gasteiger partial charge on any atom is -0.468 e. The van der Waals surface area contributed by atoms with Gasteiger partial charge < -0.3 is 14.6 Å². The summed E-state index contributed by atoms with van der Waals surface area (Å²) in [7, 11) is 0. The summed E-state index contributed by atoms with van der Waals surface area (Å²) in [5.41, 5.74) is 1.38. The second-order valence-corrected chi connectivity index (χ2v) is 8.21. The topological polar surface area (TPSA) is 48.7 Å². The maximum absolute atomic E-state index is 13.2. The van der Waals surface area contributed by atoms with E-state index >= 15 is 0 Å². The molecule has 0 saturated carbocycles. The predicted octanol–water partition coefficient (Wildman–Crippen LogP) is 5.02. The van der Waals surface area contributed by atoms with Crippen molar-refractivity contribution in [2.24, 2.45) is 0 Å². The Morgan fingerprint density at radius 2 is 1.81 bits per heavy atom. The smallest absolute Gasteiger partial charge is 0.252 e. The van der Waals surface area contributed by atoms with Crippen molar-refractivity contribution in [2.45, 2.75) is 6.04 Å². The Morgan fingerprint density at radius 1 is 1.06 bits per heavy atom. The van der Waals surface area contributed by atoms with Gasteiger partial charge >= 0.3 is 0 Å². The predicted molar refractivity (Wildman–Crippen MR) is 120 cm³/mol. The van der Waals surface area contributed by atoms with Crippen molar-refractivity contribution in [3.8, 4) is 0 Å². The number of anilines is 1. The van der Waals surface area contributed by atoms with Crippen LogP contribution in [0.5, 0.6) is 0 Å². The third kappa shape index (κ3) is 5.21. The van der Waals surface area contributed by atoms with Crippen LogP contribution in [0.3, 0.4) is 0 Å². The maximum atomic E-state index is 13.2. The molecule has 1 aliphatic rings. The molecule has 1 unspecified atom stereocenters. The first-order valence-corrected chi connectivity index (χ1v) is 10.8. The van der Waals surface area contributed by atoms with Gasteiger partial charge in [-0.25, -0.2) is 4.39 Å². The molecule has 8 heteroatoms. The molecule has 1 atom stereocenters. The lowest BCUT2D eigenvalue weighted by atomic mass is 10.1. The van der Waals surface area contributed by atoms with Crippen LogP contribution in [0, 0.1) is 5.82 Å². The van der Waals surface area contributed by atoms with E-state index in [-0.39, 0.29) is 17.8 Å². The fourth-order valence-corrected chi connectivity index (χ4v) is 4.29. The van der Waals surface area contributed by atoms with E-state index in [4.69, 9.17) is 27.6 Å². The summed E-state index contributed by atoms with van der Waals surface area (Å²) in [5, 5.41) is 3.76. The van der Waals surface area contributed by atoms with Gasteiger partial charge in [0.1, 0.15) is 11.6 Å². The number of nitrogens with zero attached hydrogens (tertiary/aromatic N) is 2. The Bertz CT molecular complexity index is 1020. The highest BCUT2D eigenvalue weighted by atomic mass is 35.5. The third-order valence-corrected chi connectivity index (χ3v) is 6.00. The Morgan fingerprint density at radius 3 is 2.45 bits per heavy atom. The Labute approximate surface area is 190 Å². The minimum absolute atomic E-state index is 0.111. The molecule has 1 N–H and O–H groups in total. The monoisotopic (exact) mass is 461 g/mol. The summed E-state index contributed by atoms with van der Waals surface area (Å²) in [5.74, 6) is 0.290. The molecule has 0 bridgehead atoms. The van der Waals surface area contributed by atoms with Gasteiger partial charge in [0.2, 0.25) is 0 Å². The van der Waals surface area contributed by atoms with E-state index in [0.29, 0.717) is 22.2 Å². The molecule has 0 aliphatic carbocycles. The fraction of sp³-hybridized carbons (Fsp3) is 0.261. The van der Waals surface area contributed by atoms with E-state index in [9.17, 15) is 9.18 Å². The zero-order chi connectivity index (χ0) is 21.8. The van der Waals surface area contributed by atoms with Crippen molar-refractivity contribution in [3.63, 3.8) is 0 Å². The Hall–Kier alpha value is -2.54. The average Bonchev–Trinajstić information content (AvgIpc) is 3.29. The molecule has 5 nitrogen and oxygen atoms in total. The van der Waals surface area contributed by atoms with Crippen LogP contribution in [0.25, 0.3) is 0 Å². The van der Waals surface area contributed by atoms with Gasteiger partial charge in [0.25, 0.3) is 5.91 Å². The maximum Gasteiger partial charge on any atom is 0.252 e. The van der Waals surface area contributed by atoms with Crippen LogP contribution < -0.4 is 10.2 Å². The molecule has 1 saturated heterocycles. The standard InChI is InChI=1S/C23H22Cl2FN3O2/c24-16-3-8-19(20(25)14-16)23(30)27-15-21(22-2-1-13-31-22)29-11-9-28(10-12-29)18-6-4-17(26)5-7-18/h1-8,13-14,21H,9-12,15H2,(H,27,30). The van der Waals surface area contributed by atoms with Crippen LogP contribution in [0.15, 0.2) is 65.3 Å². The molecule has 4 rings (SSSR count). The first kappa shape index (κ1) is 21.7. The average molecular weight is 462 g/mol. The molecule has 0 radical (unpaired) electrons. The normalized spacial score (nSPS) is 15.6. The fourth-order valence-electron chi connectivity index (χ4n) is 3.79. The summed E-state index contributed by atoms with van der Waals surface area (Å²) in [6.45, 7) is 3.52. The van der Waals surface area contributed by atoms with Crippen molar-refractivity contribution < 1.29 is 13.6 Å². The number of benzene rings is 2. The summed E-state index contributed by atoms with van der Waals surface area (Å²) in [4.78, 5) is 17.2. The van der Waals surface area contributed by atoms with Crippen LogP contribution in [-0.4, -0.2) is 43.5 Å². The van der Waals surface area contributed by atoms with Crippen LogP contribution in [-0.2, 0) is 0 Å². The number of hydrogen-bond donors (Lipinski definition) is 1. The van der Waals surface area contributed by atoms with Crippen molar-refractivity contribution in [1.29, 1.82) is 0 Å². The Balaban J connectivity index is 1.42. The van der Waals surface area contributed by atoms with Crippen LogP contribution >= 0.6 is 23.2 Å². The highest BCUT2D eigenvalue weighted by Crippen LogP contribution is 2.25. The Kier molecular flexibility index (Phi) is 6.80. The van der Waals surface area contributed by atoms with Gasteiger partial charge in [-0.2, -0.15) is 0 Å². The number of piperazine rings is 1. The zero-order valence-corrected chi connectivity index (χ0v) is 18.2. The molecule has 2 heterocycles. The third-order valence-electron chi connectivity index (χ3n) is 5.45. The minimum atomic E-state index is -0.261. The van der Waals surface area contributed by atoms with Crippen molar-refractivity contribution >= 4 is 34.8 Å². The SMILES string of the molecule is O=C(NCC(c1ccco1)N1CCN(c2ccc(F)cc2)CC1)c1ccc(Cl)cc1Cl. The van der Waals surface area contributed by atoms with Gasteiger partial charge in [0.05, 0.1) is 22.9 Å². The second kappa shape index (κ2) is 9.73. The van der Waals surface area contributed by atoms with Crippen LogP contribution in [0.4, 0.5) is 10.1 Å². The largest absolute Gasteiger partial charge is 0.468 e. The first-order valence-electron chi connectivity index (χ1n) is 10.0. The summed E-state index contributed by atoms with van der Waals surface area (Å²) < 4.78 is 18.9. The number of rotatable bonds is 6. The molecule has 1 fully saturated rings. The van der Waals surface area contributed by atoms with Gasteiger partial charge in [-0.15, -0.1) is 0 Å². The lowest BCUT2D eigenvalue weighted by molar-refractivity contribution is 0.0923. The lowest BCUT2D eigenvalue weighted by Crippen LogP contribution is -2.49. The molecule has 0 spiro atoms. The van der Waals surface area contributed by atoms with E-state index in [1.54, 1.807) is 36.6 Å². The van der Waals surface area contributed by atoms with Gasteiger partial charge in [-0.3, -0.25) is 9.69 Å². The van der Waals surface area contributed by atoms with E-state index in [2.05, 4.69) is 15.1 Å². The second-order valence-electron chi connectivity index (χ2n) is 7.36. The van der Waals surface area contributed by atoms with Gasteiger partial charge in [-0.1, -0.05) is 23.2 Å². The van der Waals surface area contributed by atoms with E-state index < -0.39 is 0 Å². The highest BCUT2D eigenvalue weighted by Gasteiger charge is 2.27. The number of carbonyl (C=O) groups is 1. The zero-order valence-electron chi connectivity index (χ0n) is 16.7. The first-order chi connectivity index (χ1) is 15.0. The number of carbonyl (C=O) groups excluding carboxylic acids is 1. The highest BCUT2D eigenvalue weighted by molar-refractivity contribution is 6.36. The number of hydrogen-bond acceptors (Lipinski definition) is 4. The molecule has 3 aromatic rings. The molecule has 1 aromatic heterocycles. The van der Waals surface area contributed by atoms with Gasteiger partial charge in [0, 0.05) is 43.4 Å². The molecule has 31 heavy (non-hydrogen) atoms. The van der Waals surface area contributed by atoms with E-state index in [0.717, 1.165) is 37.6 Å². The summed E-state index contributed by atoms with van der Waals surface area (Å²) in [6, 6.07) is 15.0. The molecule has 1 aliphatic heterocycles.